The minimum Gasteiger partial charge on any atom is -0.497 e. The van der Waals surface area contributed by atoms with Crippen molar-refractivity contribution in [2.75, 3.05) is 19.5 Å². The number of hydrogen-bond donors (Lipinski definition) is 1. The van der Waals surface area contributed by atoms with Crippen molar-refractivity contribution in [2.45, 2.75) is 42.4 Å². The molecule has 9 heteroatoms. The molecule has 0 radical (unpaired) electrons. The Morgan fingerprint density at radius 2 is 2.00 bits per heavy atom. The zero-order chi connectivity index (χ0) is 22.6. The third kappa shape index (κ3) is 6.07. The van der Waals surface area contributed by atoms with Crippen LogP contribution in [0.25, 0.3) is 0 Å². The number of rotatable bonds is 10. The van der Waals surface area contributed by atoms with Gasteiger partial charge >= 0.3 is 0 Å². The molecule has 0 atom stereocenters. The van der Waals surface area contributed by atoms with Gasteiger partial charge in [-0.3, -0.25) is 9.59 Å². The first-order chi connectivity index (χ1) is 14.7. The number of carbonyl (C=O) groups is 2. The lowest BCUT2D eigenvalue weighted by Gasteiger charge is -2.16. The largest absolute Gasteiger partial charge is 0.497 e. The summed E-state index contributed by atoms with van der Waals surface area (Å²) in [7, 11) is -0.254. The summed E-state index contributed by atoms with van der Waals surface area (Å²) in [6.07, 6.45) is 2.74. The lowest BCUT2D eigenvalue weighted by Crippen LogP contribution is -2.19. The predicted molar refractivity (Wildman–Crippen MR) is 122 cm³/mol. The van der Waals surface area contributed by atoms with Crippen molar-refractivity contribution in [2.24, 2.45) is 0 Å². The topological polar surface area (TPSA) is 92.8 Å². The van der Waals surface area contributed by atoms with Crippen molar-refractivity contribution in [1.29, 1.82) is 0 Å². The van der Waals surface area contributed by atoms with E-state index in [4.69, 9.17) is 4.74 Å². The second-order valence-electron chi connectivity index (χ2n) is 7.63. The number of halogens is 1. The first kappa shape index (κ1) is 23.3. The predicted octanol–water partition coefficient (Wildman–Crippen LogP) is 3.55. The van der Waals surface area contributed by atoms with E-state index < -0.39 is 9.84 Å². The smallest absolute Gasteiger partial charge is 0.224 e. The molecule has 1 N–H and O–H groups in total. The fraction of sp³-hybridized carbons (Fsp3) is 0.364. The maximum Gasteiger partial charge on any atom is 0.224 e. The first-order valence-corrected chi connectivity index (χ1v) is 12.2. The highest BCUT2D eigenvalue weighted by molar-refractivity contribution is 9.10. The molecule has 0 bridgehead atoms. The molecule has 0 unspecified atom stereocenters. The van der Waals surface area contributed by atoms with Gasteiger partial charge in [0.25, 0.3) is 0 Å². The number of amides is 2. The van der Waals surface area contributed by atoms with Crippen LogP contribution in [0.2, 0.25) is 0 Å². The van der Waals surface area contributed by atoms with Gasteiger partial charge in [0.15, 0.2) is 9.84 Å². The third-order valence-corrected chi connectivity index (χ3v) is 7.84. The number of methoxy groups -OCH3 is 1. The number of ether oxygens (including phenoxy) is 1. The molecule has 0 heterocycles. The number of sulfone groups is 1. The highest BCUT2D eigenvalue weighted by Crippen LogP contribution is 2.36. The average Bonchev–Trinajstić information content (AvgIpc) is 3.58. The molecule has 0 aliphatic heterocycles. The van der Waals surface area contributed by atoms with E-state index in [1.807, 2.05) is 18.2 Å². The van der Waals surface area contributed by atoms with E-state index in [1.165, 1.54) is 11.0 Å². The standard InChI is InChI=1S/C22H25BrN2O5S/c1-25(14-26)13-16-11-18(4-7-21(16)31(28,29)20-5-6-20)24-22(27)8-3-15-9-17(23)12-19(10-15)30-2/h4,7,9-12,14,20H,3,5-6,8,13H2,1-2H3,(H,24,27). The van der Waals surface area contributed by atoms with Gasteiger partial charge in [0.2, 0.25) is 12.3 Å². The Labute approximate surface area is 190 Å². The minimum atomic E-state index is -3.42. The molecule has 1 fully saturated rings. The SMILES string of the molecule is COc1cc(Br)cc(CCC(=O)Nc2ccc(S(=O)(=O)C3CC3)c(CN(C)C=O)c2)c1. The fourth-order valence-electron chi connectivity index (χ4n) is 3.29. The molecule has 0 saturated heterocycles. The fourth-order valence-corrected chi connectivity index (χ4v) is 5.67. The molecule has 0 spiro atoms. The number of hydrogen-bond acceptors (Lipinski definition) is 5. The van der Waals surface area contributed by atoms with Crippen LogP contribution in [-0.2, 0) is 32.4 Å². The van der Waals surface area contributed by atoms with Crippen LogP contribution in [0.3, 0.4) is 0 Å². The van der Waals surface area contributed by atoms with E-state index in [9.17, 15) is 18.0 Å². The summed E-state index contributed by atoms with van der Waals surface area (Å²) in [6, 6.07) is 10.4. The lowest BCUT2D eigenvalue weighted by molar-refractivity contribution is -0.117. The van der Waals surface area contributed by atoms with Gasteiger partial charge in [-0.05, 0) is 66.8 Å². The molecule has 0 aromatic heterocycles. The summed E-state index contributed by atoms with van der Waals surface area (Å²) in [4.78, 5) is 25.1. The summed E-state index contributed by atoms with van der Waals surface area (Å²) in [6.45, 7) is 0.145. The van der Waals surface area contributed by atoms with Gasteiger partial charge in [-0.1, -0.05) is 15.9 Å². The van der Waals surface area contributed by atoms with Crippen LogP contribution < -0.4 is 10.1 Å². The van der Waals surface area contributed by atoms with E-state index in [-0.39, 0.29) is 29.0 Å². The van der Waals surface area contributed by atoms with E-state index in [0.29, 0.717) is 42.7 Å². The van der Waals surface area contributed by atoms with Crippen molar-refractivity contribution in [3.05, 3.63) is 52.0 Å². The van der Waals surface area contributed by atoms with Crippen molar-refractivity contribution in [3.63, 3.8) is 0 Å². The summed E-state index contributed by atoms with van der Waals surface area (Å²) in [5.41, 5.74) is 1.96. The Morgan fingerprint density at radius 1 is 1.26 bits per heavy atom. The van der Waals surface area contributed by atoms with E-state index in [0.717, 1.165) is 10.0 Å². The van der Waals surface area contributed by atoms with E-state index in [2.05, 4.69) is 21.2 Å². The molecule has 1 aliphatic carbocycles. The van der Waals surface area contributed by atoms with Gasteiger partial charge < -0.3 is 15.0 Å². The Morgan fingerprint density at radius 3 is 2.65 bits per heavy atom. The molecular weight excluding hydrogens is 484 g/mol. The highest BCUT2D eigenvalue weighted by atomic mass is 79.9. The van der Waals surface area contributed by atoms with E-state index >= 15 is 0 Å². The van der Waals surface area contributed by atoms with Crippen LogP contribution in [0.15, 0.2) is 45.8 Å². The Hall–Kier alpha value is -2.39. The monoisotopic (exact) mass is 508 g/mol. The molecule has 166 valence electrons. The summed E-state index contributed by atoms with van der Waals surface area (Å²) < 4.78 is 31.6. The van der Waals surface area contributed by atoms with Gasteiger partial charge in [-0.15, -0.1) is 0 Å². The zero-order valence-electron chi connectivity index (χ0n) is 17.4. The zero-order valence-corrected chi connectivity index (χ0v) is 19.8. The molecule has 2 aromatic rings. The summed E-state index contributed by atoms with van der Waals surface area (Å²) in [5, 5.41) is 2.48. The van der Waals surface area contributed by atoms with Crippen molar-refractivity contribution in [1.82, 2.24) is 4.90 Å². The van der Waals surface area contributed by atoms with E-state index in [1.54, 1.807) is 26.3 Å². The Balaban J connectivity index is 1.73. The molecule has 2 amide bonds. The molecule has 1 aliphatic rings. The normalized spacial score (nSPS) is 13.5. The molecule has 3 rings (SSSR count). The molecular formula is C22H25BrN2O5S. The highest BCUT2D eigenvalue weighted by Gasteiger charge is 2.38. The van der Waals surface area contributed by atoms with Crippen molar-refractivity contribution >= 4 is 43.8 Å². The quantitative estimate of drug-likeness (QED) is 0.495. The van der Waals surface area contributed by atoms with Crippen molar-refractivity contribution < 1.29 is 22.7 Å². The van der Waals surface area contributed by atoms with Crippen LogP contribution in [-0.4, -0.2) is 45.0 Å². The van der Waals surface area contributed by atoms with Gasteiger partial charge in [0.05, 0.1) is 17.3 Å². The number of benzene rings is 2. The Bertz CT molecular complexity index is 1080. The molecule has 7 nitrogen and oxygen atoms in total. The van der Waals surface area contributed by atoms with Crippen molar-refractivity contribution in [3.8, 4) is 5.75 Å². The van der Waals surface area contributed by atoms with Gasteiger partial charge in [-0.25, -0.2) is 8.42 Å². The lowest BCUT2D eigenvalue weighted by atomic mass is 10.1. The second kappa shape index (κ2) is 9.82. The Kier molecular flexibility index (Phi) is 7.38. The first-order valence-electron chi connectivity index (χ1n) is 9.88. The number of nitrogens with zero attached hydrogens (tertiary/aromatic N) is 1. The number of aryl methyl sites for hydroxylation is 1. The van der Waals surface area contributed by atoms with Gasteiger partial charge in [0.1, 0.15) is 5.75 Å². The van der Waals surface area contributed by atoms with Crippen LogP contribution in [0.1, 0.15) is 30.4 Å². The van der Waals surface area contributed by atoms with Gasteiger partial charge in [0, 0.05) is 30.2 Å². The summed E-state index contributed by atoms with van der Waals surface area (Å²) in [5.74, 6) is 0.521. The molecule has 1 saturated carbocycles. The molecule has 31 heavy (non-hydrogen) atoms. The second-order valence-corrected chi connectivity index (χ2v) is 10.7. The minimum absolute atomic E-state index is 0.145. The van der Waals surface area contributed by atoms with Crippen LogP contribution >= 0.6 is 15.9 Å². The number of carbonyl (C=O) groups excluding carboxylic acids is 2. The van der Waals surface area contributed by atoms with Crippen LogP contribution in [0.5, 0.6) is 5.75 Å². The van der Waals surface area contributed by atoms with Crippen LogP contribution in [0.4, 0.5) is 5.69 Å². The van der Waals surface area contributed by atoms with Gasteiger partial charge in [-0.2, -0.15) is 0 Å². The molecule has 2 aromatic carbocycles. The number of nitrogens with one attached hydrogen (secondary N) is 1. The summed E-state index contributed by atoms with van der Waals surface area (Å²) >= 11 is 3.43. The average molecular weight is 509 g/mol. The number of anilines is 1. The maximum absolute atomic E-state index is 12.7. The third-order valence-electron chi connectivity index (χ3n) is 5.02. The van der Waals surface area contributed by atoms with Crippen LogP contribution in [0, 0.1) is 0 Å². The maximum atomic E-state index is 12.7.